The molecular formula is C15H16N2O2. The maximum Gasteiger partial charge on any atom is 0.235 e. The predicted molar refractivity (Wildman–Crippen MR) is 71.3 cm³/mol. The van der Waals surface area contributed by atoms with Crippen LogP contribution in [0.25, 0.3) is 0 Å². The molecule has 0 heterocycles. The maximum atomic E-state index is 10.5. The Kier molecular flexibility index (Phi) is 4.79. The Hall–Kier alpha value is -2.02. The van der Waals surface area contributed by atoms with E-state index >= 15 is 0 Å². The van der Waals surface area contributed by atoms with Crippen molar-refractivity contribution >= 4 is 12.2 Å². The van der Waals surface area contributed by atoms with Gasteiger partial charge in [-0.05, 0) is 37.2 Å². The first kappa shape index (κ1) is 13.4. The number of benzene rings is 1. The Labute approximate surface area is 112 Å². The molecule has 1 saturated carbocycles. The SMILES string of the molecule is O=C=NC1CCC(Cc2ccccc2)CC1N=C=O. The minimum Gasteiger partial charge on any atom is -0.211 e. The van der Waals surface area contributed by atoms with Crippen LogP contribution in [0.2, 0.25) is 0 Å². The predicted octanol–water partition coefficient (Wildman–Crippen LogP) is 2.44. The fraction of sp³-hybridized carbons (Fsp3) is 0.467. The Morgan fingerprint density at radius 2 is 1.68 bits per heavy atom. The second-order valence-corrected chi connectivity index (χ2v) is 4.94. The van der Waals surface area contributed by atoms with E-state index in [2.05, 4.69) is 22.1 Å². The molecule has 4 nitrogen and oxygen atoms in total. The van der Waals surface area contributed by atoms with Crippen LogP contribution in [0.3, 0.4) is 0 Å². The average Bonchev–Trinajstić information content (AvgIpc) is 2.43. The van der Waals surface area contributed by atoms with E-state index in [1.54, 1.807) is 12.2 Å². The number of hydrogen-bond acceptors (Lipinski definition) is 4. The Bertz CT molecular complexity index is 502. The third-order valence-corrected chi connectivity index (χ3v) is 3.69. The van der Waals surface area contributed by atoms with Gasteiger partial charge in [0.25, 0.3) is 0 Å². The Morgan fingerprint density at radius 1 is 1.00 bits per heavy atom. The molecule has 1 aromatic carbocycles. The van der Waals surface area contributed by atoms with Gasteiger partial charge >= 0.3 is 0 Å². The summed E-state index contributed by atoms with van der Waals surface area (Å²) < 4.78 is 0. The Balaban J connectivity index is 2.02. The van der Waals surface area contributed by atoms with Crippen molar-refractivity contribution in [2.45, 2.75) is 37.8 Å². The van der Waals surface area contributed by atoms with Gasteiger partial charge in [0.15, 0.2) is 0 Å². The highest BCUT2D eigenvalue weighted by Gasteiger charge is 2.30. The van der Waals surface area contributed by atoms with Gasteiger partial charge in [-0.3, -0.25) is 0 Å². The number of nitrogens with zero attached hydrogens (tertiary/aromatic N) is 2. The standard InChI is InChI=1S/C15H16N2O2/c18-10-16-14-7-6-13(9-15(14)17-11-19)8-12-4-2-1-3-5-12/h1-5,13-15H,6-9H2. The van der Waals surface area contributed by atoms with Crippen LogP contribution in [0.15, 0.2) is 40.3 Å². The van der Waals surface area contributed by atoms with E-state index in [1.165, 1.54) is 5.56 Å². The summed E-state index contributed by atoms with van der Waals surface area (Å²) in [5.41, 5.74) is 1.29. The highest BCUT2D eigenvalue weighted by molar-refractivity contribution is 5.36. The fourth-order valence-electron chi connectivity index (χ4n) is 2.77. The second kappa shape index (κ2) is 6.79. The van der Waals surface area contributed by atoms with Crippen molar-refractivity contribution in [3.63, 3.8) is 0 Å². The highest BCUT2D eigenvalue weighted by atomic mass is 16.1. The first-order valence-electron chi connectivity index (χ1n) is 6.51. The van der Waals surface area contributed by atoms with E-state index in [4.69, 9.17) is 0 Å². The summed E-state index contributed by atoms with van der Waals surface area (Å²) in [7, 11) is 0. The molecule has 0 aliphatic heterocycles. The normalized spacial score (nSPS) is 26.0. The molecule has 0 aromatic heterocycles. The van der Waals surface area contributed by atoms with Gasteiger partial charge < -0.3 is 0 Å². The smallest absolute Gasteiger partial charge is 0.211 e. The quantitative estimate of drug-likeness (QED) is 0.613. The summed E-state index contributed by atoms with van der Waals surface area (Å²) in [5.74, 6) is 0.475. The fourth-order valence-corrected chi connectivity index (χ4v) is 2.77. The topological polar surface area (TPSA) is 58.9 Å². The van der Waals surface area contributed by atoms with Crippen LogP contribution >= 0.6 is 0 Å². The molecule has 2 rings (SSSR count). The van der Waals surface area contributed by atoms with Crippen LogP contribution in [-0.4, -0.2) is 24.2 Å². The molecular weight excluding hydrogens is 240 g/mol. The second-order valence-electron chi connectivity index (χ2n) is 4.94. The van der Waals surface area contributed by atoms with Crippen LogP contribution < -0.4 is 0 Å². The molecule has 0 bridgehead atoms. The van der Waals surface area contributed by atoms with Crippen molar-refractivity contribution in [2.75, 3.05) is 0 Å². The summed E-state index contributed by atoms with van der Waals surface area (Å²) >= 11 is 0. The molecule has 1 aliphatic rings. The first-order valence-corrected chi connectivity index (χ1v) is 6.51. The lowest BCUT2D eigenvalue weighted by Crippen LogP contribution is -2.32. The minimum absolute atomic E-state index is 0.203. The van der Waals surface area contributed by atoms with Crippen molar-refractivity contribution in [1.82, 2.24) is 0 Å². The molecule has 0 amide bonds. The largest absolute Gasteiger partial charge is 0.235 e. The zero-order chi connectivity index (χ0) is 13.5. The molecule has 0 radical (unpaired) electrons. The highest BCUT2D eigenvalue weighted by Crippen LogP contribution is 2.30. The summed E-state index contributed by atoms with van der Waals surface area (Å²) in [6.45, 7) is 0. The zero-order valence-corrected chi connectivity index (χ0v) is 10.7. The lowest BCUT2D eigenvalue weighted by molar-refractivity contribution is 0.290. The molecule has 19 heavy (non-hydrogen) atoms. The zero-order valence-electron chi connectivity index (χ0n) is 10.7. The van der Waals surface area contributed by atoms with E-state index in [0.29, 0.717) is 5.92 Å². The number of carbonyl (C=O) groups excluding carboxylic acids is 2. The van der Waals surface area contributed by atoms with E-state index in [9.17, 15) is 9.59 Å². The maximum absolute atomic E-state index is 10.5. The molecule has 3 unspecified atom stereocenters. The number of isocyanates is 2. The van der Waals surface area contributed by atoms with Gasteiger partial charge in [-0.15, -0.1) is 0 Å². The van der Waals surface area contributed by atoms with Gasteiger partial charge in [0.1, 0.15) is 0 Å². The molecule has 98 valence electrons. The minimum atomic E-state index is -0.221. The van der Waals surface area contributed by atoms with E-state index in [1.807, 2.05) is 18.2 Å². The van der Waals surface area contributed by atoms with Gasteiger partial charge in [0.05, 0.1) is 12.1 Å². The third-order valence-electron chi connectivity index (χ3n) is 3.69. The van der Waals surface area contributed by atoms with E-state index in [0.717, 1.165) is 25.7 Å². The van der Waals surface area contributed by atoms with Gasteiger partial charge in [-0.1, -0.05) is 30.3 Å². The van der Waals surface area contributed by atoms with E-state index in [-0.39, 0.29) is 12.1 Å². The van der Waals surface area contributed by atoms with Crippen molar-refractivity contribution in [1.29, 1.82) is 0 Å². The summed E-state index contributed by atoms with van der Waals surface area (Å²) in [5, 5.41) is 0. The van der Waals surface area contributed by atoms with Gasteiger partial charge in [0, 0.05) is 0 Å². The van der Waals surface area contributed by atoms with Crippen molar-refractivity contribution in [3.8, 4) is 0 Å². The first-order chi connectivity index (χ1) is 9.33. The van der Waals surface area contributed by atoms with Crippen LogP contribution in [-0.2, 0) is 16.0 Å². The molecule has 0 N–H and O–H groups in total. The van der Waals surface area contributed by atoms with Crippen LogP contribution in [0.5, 0.6) is 0 Å². The molecule has 4 heteroatoms. The van der Waals surface area contributed by atoms with Gasteiger partial charge in [-0.2, -0.15) is 0 Å². The number of hydrogen-bond donors (Lipinski definition) is 0. The summed E-state index contributed by atoms with van der Waals surface area (Å²) in [6.07, 6.45) is 6.70. The Morgan fingerprint density at radius 3 is 2.37 bits per heavy atom. The number of aliphatic imine (C=N–C) groups is 2. The van der Waals surface area contributed by atoms with Gasteiger partial charge in [0.2, 0.25) is 12.2 Å². The molecule has 0 spiro atoms. The van der Waals surface area contributed by atoms with Crippen LogP contribution in [0, 0.1) is 5.92 Å². The summed E-state index contributed by atoms with van der Waals surface area (Å²) in [4.78, 5) is 28.4. The molecule has 1 aliphatic carbocycles. The lowest BCUT2D eigenvalue weighted by atomic mass is 9.80. The van der Waals surface area contributed by atoms with E-state index < -0.39 is 0 Å². The number of rotatable bonds is 4. The van der Waals surface area contributed by atoms with Crippen molar-refractivity contribution in [3.05, 3.63) is 35.9 Å². The van der Waals surface area contributed by atoms with Gasteiger partial charge in [-0.25, -0.2) is 19.6 Å². The third kappa shape index (κ3) is 3.72. The lowest BCUT2D eigenvalue weighted by Gasteiger charge is -2.30. The molecule has 1 fully saturated rings. The molecule has 3 atom stereocenters. The molecule has 0 saturated heterocycles. The average molecular weight is 256 g/mol. The monoisotopic (exact) mass is 256 g/mol. The van der Waals surface area contributed by atoms with Crippen LogP contribution in [0.4, 0.5) is 0 Å². The van der Waals surface area contributed by atoms with Crippen LogP contribution in [0.1, 0.15) is 24.8 Å². The summed E-state index contributed by atoms with van der Waals surface area (Å²) in [6, 6.07) is 9.84. The van der Waals surface area contributed by atoms with Crippen molar-refractivity contribution < 1.29 is 9.59 Å². The van der Waals surface area contributed by atoms with Crippen molar-refractivity contribution in [2.24, 2.45) is 15.9 Å². The molecule has 1 aromatic rings.